The smallest absolute Gasteiger partial charge is 0.247 e. The maximum absolute atomic E-state index is 14.9. The molecule has 1 spiro atoms. The fourth-order valence-corrected chi connectivity index (χ4v) is 6.65. The van der Waals surface area contributed by atoms with E-state index in [1.54, 1.807) is 17.0 Å². The second-order valence-corrected chi connectivity index (χ2v) is 10.0. The molecule has 4 aromatic carbocycles. The summed E-state index contributed by atoms with van der Waals surface area (Å²) in [5.41, 5.74) is 5.29. The third kappa shape index (κ3) is 2.39. The summed E-state index contributed by atoms with van der Waals surface area (Å²) in [4.78, 5) is 45.0. The van der Waals surface area contributed by atoms with Crippen LogP contribution in [0.2, 0.25) is 0 Å². The van der Waals surface area contributed by atoms with Crippen LogP contribution in [0.3, 0.4) is 0 Å². The molecule has 5 heteroatoms. The average molecular weight is 493 g/mol. The number of Topliss-reactive ketones (excluding diaryl/α,β-unsaturated/α-hetero) is 2. The summed E-state index contributed by atoms with van der Waals surface area (Å²) in [5, 5.41) is 3.46. The van der Waals surface area contributed by atoms with Crippen LogP contribution in [0.4, 0.5) is 5.69 Å². The van der Waals surface area contributed by atoms with Gasteiger partial charge in [0.1, 0.15) is 5.41 Å². The van der Waals surface area contributed by atoms with Crippen molar-refractivity contribution in [3.05, 3.63) is 148 Å². The molecule has 0 radical (unpaired) electrons. The number of rotatable bonds is 2. The summed E-state index contributed by atoms with van der Waals surface area (Å²) >= 11 is 0. The van der Waals surface area contributed by atoms with Gasteiger partial charge in [0.2, 0.25) is 5.91 Å². The fraction of sp³-hybridized carbons (Fsp3) is 0.0606. The summed E-state index contributed by atoms with van der Waals surface area (Å²) in [7, 11) is 0. The molecular weight excluding hydrogens is 472 g/mol. The lowest BCUT2D eigenvalue weighted by Gasteiger charge is -2.36. The van der Waals surface area contributed by atoms with Gasteiger partial charge in [0, 0.05) is 44.7 Å². The van der Waals surface area contributed by atoms with Gasteiger partial charge in [-0.05, 0) is 11.6 Å². The molecule has 0 atom stereocenters. The third-order valence-electron chi connectivity index (χ3n) is 8.18. The zero-order valence-electron chi connectivity index (χ0n) is 20.2. The van der Waals surface area contributed by atoms with Gasteiger partial charge < -0.3 is 10.2 Å². The number of fused-ring (bicyclic) bond motifs is 8. The molecular formula is C33H20N2O3. The number of hydrogen-bond donors (Lipinski definition) is 1. The van der Waals surface area contributed by atoms with Crippen LogP contribution in [0.1, 0.15) is 43.0 Å². The zero-order valence-corrected chi connectivity index (χ0v) is 20.2. The number of nitrogens with zero attached hydrogens (tertiary/aromatic N) is 1. The molecule has 180 valence electrons. The highest BCUT2D eigenvalue weighted by Gasteiger charge is 2.64. The Labute approximate surface area is 218 Å². The molecule has 0 saturated carbocycles. The van der Waals surface area contributed by atoms with Crippen molar-refractivity contribution in [2.45, 2.75) is 12.0 Å². The molecule has 5 nitrogen and oxygen atoms in total. The molecule has 1 amide bonds. The summed E-state index contributed by atoms with van der Waals surface area (Å²) in [6.45, 7) is 0.333. The number of para-hydroxylation sites is 1. The van der Waals surface area contributed by atoms with Gasteiger partial charge in [0.15, 0.2) is 11.6 Å². The van der Waals surface area contributed by atoms with Crippen molar-refractivity contribution in [1.82, 2.24) is 5.32 Å². The van der Waals surface area contributed by atoms with Crippen LogP contribution in [-0.2, 0) is 16.8 Å². The number of carbonyl (C=O) groups is 3. The molecule has 38 heavy (non-hydrogen) atoms. The Morgan fingerprint density at radius 2 is 1.08 bits per heavy atom. The van der Waals surface area contributed by atoms with Crippen LogP contribution < -0.4 is 10.2 Å². The standard InChI is InChI=1S/C33H20N2O3/c36-30-22-14-6-4-12-20(22)28-26(30)33(27-29(34-28)21-13-5-7-15-23(21)31(27)37)24-16-8-9-17-25(24)35(32(33)38)18-19-10-2-1-3-11-19/h1-17,34H,18H2. The van der Waals surface area contributed by atoms with Gasteiger partial charge in [-0.25, -0.2) is 0 Å². The van der Waals surface area contributed by atoms with Crippen molar-refractivity contribution >= 4 is 34.6 Å². The predicted octanol–water partition coefficient (Wildman–Crippen LogP) is 5.29. The Hall–Kier alpha value is -5.03. The normalized spacial score (nSPS) is 17.9. The van der Waals surface area contributed by atoms with Crippen LogP contribution in [0, 0.1) is 0 Å². The first-order valence-electron chi connectivity index (χ1n) is 12.6. The molecule has 0 bridgehead atoms. The quantitative estimate of drug-likeness (QED) is 0.413. The van der Waals surface area contributed by atoms with Crippen molar-refractivity contribution in [3.63, 3.8) is 0 Å². The fourth-order valence-electron chi connectivity index (χ4n) is 6.65. The van der Waals surface area contributed by atoms with Gasteiger partial charge in [-0.2, -0.15) is 0 Å². The number of hydrogen-bond acceptors (Lipinski definition) is 4. The van der Waals surface area contributed by atoms with Crippen LogP contribution in [0.15, 0.2) is 114 Å². The number of ketones is 2. The largest absolute Gasteiger partial charge is 0.354 e. The van der Waals surface area contributed by atoms with Crippen LogP contribution >= 0.6 is 0 Å². The van der Waals surface area contributed by atoms with E-state index in [0.29, 0.717) is 45.8 Å². The molecule has 2 aliphatic heterocycles. The lowest BCUT2D eigenvalue weighted by atomic mass is 9.65. The highest BCUT2D eigenvalue weighted by atomic mass is 16.2. The first-order valence-corrected chi connectivity index (χ1v) is 12.6. The number of benzene rings is 4. The molecule has 1 N–H and O–H groups in total. The molecule has 0 aromatic heterocycles. The van der Waals surface area contributed by atoms with Crippen molar-refractivity contribution in [3.8, 4) is 0 Å². The topological polar surface area (TPSA) is 66.5 Å². The van der Waals surface area contributed by atoms with Crippen LogP contribution in [-0.4, -0.2) is 17.5 Å². The number of dihydropyridines is 1. The molecule has 0 fully saturated rings. The summed E-state index contributed by atoms with van der Waals surface area (Å²) in [6, 6.07) is 32.2. The van der Waals surface area contributed by atoms with E-state index in [2.05, 4.69) is 5.32 Å². The SMILES string of the molecule is O=C1C2=C(NC3=C(C(=O)c4ccccc43)C23C(=O)N(Cc2ccccc2)c2ccccc23)c2ccccc21. The van der Waals surface area contributed by atoms with Gasteiger partial charge in [-0.15, -0.1) is 0 Å². The van der Waals surface area contributed by atoms with Gasteiger partial charge in [-0.1, -0.05) is 97.1 Å². The Morgan fingerprint density at radius 3 is 1.68 bits per heavy atom. The highest BCUT2D eigenvalue weighted by molar-refractivity contribution is 6.37. The van der Waals surface area contributed by atoms with Gasteiger partial charge in [0.05, 0.1) is 17.9 Å². The van der Waals surface area contributed by atoms with Crippen molar-refractivity contribution in [1.29, 1.82) is 0 Å². The molecule has 8 rings (SSSR count). The Balaban J connectivity index is 1.46. The lowest BCUT2D eigenvalue weighted by molar-refractivity contribution is -0.121. The number of anilines is 1. The van der Waals surface area contributed by atoms with E-state index >= 15 is 0 Å². The Morgan fingerprint density at radius 1 is 0.579 bits per heavy atom. The summed E-state index contributed by atoms with van der Waals surface area (Å²) in [5.74, 6) is -0.711. The molecule has 0 unspecified atom stereocenters. The van der Waals surface area contributed by atoms with Gasteiger partial charge in [-0.3, -0.25) is 14.4 Å². The van der Waals surface area contributed by atoms with E-state index in [4.69, 9.17) is 0 Å². The minimum Gasteiger partial charge on any atom is -0.354 e. The molecule has 2 heterocycles. The monoisotopic (exact) mass is 492 g/mol. The maximum atomic E-state index is 14.9. The third-order valence-corrected chi connectivity index (χ3v) is 8.18. The number of amides is 1. The first-order chi connectivity index (χ1) is 18.6. The minimum atomic E-state index is -1.55. The maximum Gasteiger partial charge on any atom is 0.247 e. The Kier molecular flexibility index (Phi) is 4.03. The summed E-state index contributed by atoms with van der Waals surface area (Å²) < 4.78 is 0. The average Bonchev–Trinajstić information content (AvgIpc) is 3.51. The molecule has 4 aromatic rings. The van der Waals surface area contributed by atoms with E-state index in [1.807, 2.05) is 91.0 Å². The van der Waals surface area contributed by atoms with E-state index in [1.165, 1.54) is 0 Å². The van der Waals surface area contributed by atoms with Crippen molar-refractivity contribution < 1.29 is 14.4 Å². The second-order valence-electron chi connectivity index (χ2n) is 10.0. The molecule has 0 saturated heterocycles. The van der Waals surface area contributed by atoms with Gasteiger partial charge in [0.25, 0.3) is 0 Å². The minimum absolute atomic E-state index is 0.219. The van der Waals surface area contributed by atoms with E-state index < -0.39 is 5.41 Å². The van der Waals surface area contributed by atoms with Crippen molar-refractivity contribution in [2.24, 2.45) is 0 Å². The van der Waals surface area contributed by atoms with Crippen molar-refractivity contribution in [2.75, 3.05) is 4.90 Å². The van der Waals surface area contributed by atoms with Gasteiger partial charge >= 0.3 is 0 Å². The van der Waals surface area contributed by atoms with E-state index in [-0.39, 0.29) is 17.5 Å². The number of nitrogens with one attached hydrogen (secondary N) is 1. The van der Waals surface area contributed by atoms with Crippen LogP contribution in [0.25, 0.3) is 11.4 Å². The molecule has 4 aliphatic rings. The molecule has 2 aliphatic carbocycles. The second kappa shape index (κ2) is 7.26. The van der Waals surface area contributed by atoms with E-state index in [0.717, 1.165) is 22.4 Å². The van der Waals surface area contributed by atoms with Crippen LogP contribution in [0.5, 0.6) is 0 Å². The lowest BCUT2D eigenvalue weighted by Crippen LogP contribution is -2.48. The predicted molar refractivity (Wildman–Crippen MR) is 144 cm³/mol. The van der Waals surface area contributed by atoms with E-state index in [9.17, 15) is 14.4 Å². The zero-order chi connectivity index (χ0) is 25.6. The first kappa shape index (κ1) is 21.1. The Bertz CT molecular complexity index is 1750. The number of carbonyl (C=O) groups excluding carboxylic acids is 3. The highest BCUT2D eigenvalue weighted by Crippen LogP contribution is 2.60. The summed E-state index contributed by atoms with van der Waals surface area (Å²) in [6.07, 6.45) is 0.